The van der Waals surface area contributed by atoms with Crippen LogP contribution in [0.3, 0.4) is 0 Å². The van der Waals surface area contributed by atoms with Gasteiger partial charge in [0.2, 0.25) is 0 Å². The number of carbonyl (C=O) groups is 1. The van der Waals surface area contributed by atoms with E-state index < -0.39 is 6.03 Å². The highest BCUT2D eigenvalue weighted by atomic mass is 16.5. The lowest BCUT2D eigenvalue weighted by Gasteiger charge is -2.10. The van der Waals surface area contributed by atoms with Gasteiger partial charge >= 0.3 is 6.03 Å². The Labute approximate surface area is 152 Å². The quantitative estimate of drug-likeness (QED) is 0.524. The highest BCUT2D eigenvalue weighted by Gasteiger charge is 2.05. The second-order valence-corrected chi connectivity index (χ2v) is 5.62. The standard InChI is InChI=1S/C21H19N3O2/c22-21(25)24-23-14-18-9-4-5-12-20(18)17-10-6-11-19(13-17)26-15-16-7-2-1-3-8-16/h1-14H,15H2,(H3,22,24,25). The van der Waals surface area contributed by atoms with Gasteiger partial charge < -0.3 is 10.5 Å². The number of hydrogen-bond donors (Lipinski definition) is 2. The maximum atomic E-state index is 10.8. The van der Waals surface area contributed by atoms with E-state index in [4.69, 9.17) is 10.5 Å². The van der Waals surface area contributed by atoms with E-state index in [1.165, 1.54) is 0 Å². The van der Waals surface area contributed by atoms with E-state index >= 15 is 0 Å². The molecule has 0 saturated heterocycles. The van der Waals surface area contributed by atoms with E-state index in [2.05, 4.69) is 10.5 Å². The summed E-state index contributed by atoms with van der Waals surface area (Å²) in [6.07, 6.45) is 1.57. The molecule has 3 N–H and O–H groups in total. The van der Waals surface area contributed by atoms with E-state index in [0.717, 1.165) is 28.0 Å². The third-order valence-corrected chi connectivity index (χ3v) is 3.73. The first-order valence-corrected chi connectivity index (χ1v) is 8.17. The number of hydrogen-bond acceptors (Lipinski definition) is 3. The molecule has 0 aliphatic carbocycles. The van der Waals surface area contributed by atoms with E-state index in [0.29, 0.717) is 6.61 Å². The van der Waals surface area contributed by atoms with E-state index in [1.807, 2.05) is 78.9 Å². The van der Waals surface area contributed by atoms with E-state index in [-0.39, 0.29) is 0 Å². The molecule has 3 aromatic rings. The minimum absolute atomic E-state index is 0.510. The van der Waals surface area contributed by atoms with Crippen LogP contribution in [0.25, 0.3) is 11.1 Å². The van der Waals surface area contributed by atoms with E-state index in [1.54, 1.807) is 6.21 Å². The zero-order valence-corrected chi connectivity index (χ0v) is 14.1. The largest absolute Gasteiger partial charge is 0.489 e. The predicted molar refractivity (Wildman–Crippen MR) is 103 cm³/mol. The number of nitrogens with two attached hydrogens (primary N) is 1. The summed E-state index contributed by atoms with van der Waals surface area (Å²) in [4.78, 5) is 10.8. The summed E-state index contributed by atoms with van der Waals surface area (Å²) in [5.74, 6) is 0.786. The van der Waals surface area contributed by atoms with Crippen LogP contribution in [-0.4, -0.2) is 12.2 Å². The summed E-state index contributed by atoms with van der Waals surface area (Å²) >= 11 is 0. The molecule has 0 aliphatic heterocycles. The smallest absolute Gasteiger partial charge is 0.332 e. The van der Waals surface area contributed by atoms with Gasteiger partial charge in [-0.2, -0.15) is 5.10 Å². The second kappa shape index (κ2) is 8.48. The molecule has 0 atom stereocenters. The summed E-state index contributed by atoms with van der Waals surface area (Å²) in [7, 11) is 0. The number of benzene rings is 3. The van der Waals surface area contributed by atoms with Gasteiger partial charge in [-0.05, 0) is 28.8 Å². The van der Waals surface area contributed by atoms with Crippen molar-refractivity contribution in [3.8, 4) is 16.9 Å². The van der Waals surface area contributed by atoms with Gasteiger partial charge in [-0.15, -0.1) is 0 Å². The molecule has 5 heteroatoms. The summed E-state index contributed by atoms with van der Waals surface area (Å²) < 4.78 is 5.90. The van der Waals surface area contributed by atoms with Crippen LogP contribution in [0.2, 0.25) is 0 Å². The molecule has 0 saturated carbocycles. The number of amides is 2. The number of rotatable bonds is 6. The number of primary amides is 1. The van der Waals surface area contributed by atoms with Gasteiger partial charge in [0.05, 0.1) is 6.21 Å². The first kappa shape index (κ1) is 17.2. The molecule has 5 nitrogen and oxygen atoms in total. The van der Waals surface area contributed by atoms with Crippen molar-refractivity contribution in [1.29, 1.82) is 0 Å². The molecule has 0 fully saturated rings. The Bertz CT molecular complexity index is 908. The molecular weight excluding hydrogens is 326 g/mol. The molecular formula is C21H19N3O2. The molecule has 0 unspecified atom stereocenters. The van der Waals surface area contributed by atoms with Crippen LogP contribution in [0.4, 0.5) is 4.79 Å². The van der Waals surface area contributed by atoms with E-state index in [9.17, 15) is 4.79 Å². The van der Waals surface area contributed by atoms with Gasteiger partial charge in [-0.3, -0.25) is 0 Å². The average molecular weight is 345 g/mol. The first-order valence-electron chi connectivity index (χ1n) is 8.17. The maximum absolute atomic E-state index is 10.8. The molecule has 0 heterocycles. The second-order valence-electron chi connectivity index (χ2n) is 5.62. The molecule has 0 aromatic heterocycles. The fraction of sp³-hybridized carbons (Fsp3) is 0.0476. The van der Waals surface area contributed by atoms with Crippen molar-refractivity contribution in [3.63, 3.8) is 0 Å². The highest BCUT2D eigenvalue weighted by Crippen LogP contribution is 2.26. The van der Waals surface area contributed by atoms with Crippen LogP contribution in [0, 0.1) is 0 Å². The third-order valence-electron chi connectivity index (χ3n) is 3.73. The number of nitrogens with one attached hydrogen (secondary N) is 1. The molecule has 26 heavy (non-hydrogen) atoms. The van der Waals surface area contributed by atoms with Crippen LogP contribution in [0.1, 0.15) is 11.1 Å². The van der Waals surface area contributed by atoms with Gasteiger partial charge in [-0.25, -0.2) is 10.2 Å². The molecule has 130 valence electrons. The minimum Gasteiger partial charge on any atom is -0.489 e. The van der Waals surface area contributed by atoms with Crippen LogP contribution in [0.15, 0.2) is 84.0 Å². The van der Waals surface area contributed by atoms with Gasteiger partial charge in [0.25, 0.3) is 0 Å². The lowest BCUT2D eigenvalue weighted by Crippen LogP contribution is -2.24. The van der Waals surface area contributed by atoms with Crippen molar-refractivity contribution in [3.05, 3.63) is 90.0 Å². The molecule has 0 radical (unpaired) electrons. The molecule has 0 bridgehead atoms. The zero-order valence-electron chi connectivity index (χ0n) is 14.1. The summed E-state index contributed by atoms with van der Waals surface area (Å²) in [6.45, 7) is 0.510. The topological polar surface area (TPSA) is 76.7 Å². The van der Waals surface area contributed by atoms with Crippen LogP contribution >= 0.6 is 0 Å². The van der Waals surface area contributed by atoms with Crippen molar-refractivity contribution < 1.29 is 9.53 Å². The summed E-state index contributed by atoms with van der Waals surface area (Å²) in [5.41, 5.74) is 11.2. The number of hydrazone groups is 1. The van der Waals surface area contributed by atoms with Crippen LogP contribution in [-0.2, 0) is 6.61 Å². The van der Waals surface area contributed by atoms with Crippen LogP contribution in [0.5, 0.6) is 5.75 Å². The highest BCUT2D eigenvalue weighted by molar-refractivity contribution is 5.91. The van der Waals surface area contributed by atoms with Gasteiger partial charge in [0.1, 0.15) is 12.4 Å². The fourth-order valence-electron chi connectivity index (χ4n) is 2.53. The normalized spacial score (nSPS) is 10.6. The SMILES string of the molecule is NC(=O)NN=Cc1ccccc1-c1cccc(OCc2ccccc2)c1. The molecule has 0 spiro atoms. The first-order chi connectivity index (χ1) is 12.7. The van der Waals surface area contributed by atoms with Gasteiger partial charge in [0.15, 0.2) is 0 Å². The summed E-state index contributed by atoms with van der Waals surface area (Å²) in [5, 5.41) is 3.84. The Morgan fingerprint density at radius 1 is 1.00 bits per heavy atom. The van der Waals surface area contributed by atoms with Gasteiger partial charge in [-0.1, -0.05) is 66.7 Å². The summed E-state index contributed by atoms with van der Waals surface area (Å²) in [6, 6.07) is 24.9. The third kappa shape index (κ3) is 4.70. The number of ether oxygens (including phenoxy) is 1. The van der Waals surface area contributed by atoms with Crippen molar-refractivity contribution in [1.82, 2.24) is 5.43 Å². The Morgan fingerprint density at radius 3 is 2.58 bits per heavy atom. The molecule has 3 aromatic carbocycles. The Balaban J connectivity index is 1.79. The predicted octanol–water partition coefficient (Wildman–Crippen LogP) is 3.93. The molecule has 2 amide bonds. The van der Waals surface area contributed by atoms with Gasteiger partial charge in [0, 0.05) is 5.56 Å². The fourth-order valence-corrected chi connectivity index (χ4v) is 2.53. The number of nitrogens with zero attached hydrogens (tertiary/aromatic N) is 1. The monoisotopic (exact) mass is 345 g/mol. The van der Waals surface area contributed by atoms with Crippen molar-refractivity contribution in [2.45, 2.75) is 6.61 Å². The van der Waals surface area contributed by atoms with Crippen molar-refractivity contribution in [2.24, 2.45) is 10.8 Å². The zero-order chi connectivity index (χ0) is 18.2. The minimum atomic E-state index is -0.699. The Hall–Kier alpha value is -3.60. The molecule has 0 aliphatic rings. The lowest BCUT2D eigenvalue weighted by molar-refractivity contribution is 0.249. The number of carbonyl (C=O) groups excluding carboxylic acids is 1. The maximum Gasteiger partial charge on any atom is 0.332 e. The van der Waals surface area contributed by atoms with Crippen LogP contribution < -0.4 is 15.9 Å². The molecule has 3 rings (SSSR count). The number of urea groups is 1. The van der Waals surface area contributed by atoms with Crippen molar-refractivity contribution in [2.75, 3.05) is 0 Å². The van der Waals surface area contributed by atoms with Crippen molar-refractivity contribution >= 4 is 12.2 Å². The Kier molecular flexibility index (Phi) is 5.62. The Morgan fingerprint density at radius 2 is 1.77 bits per heavy atom. The lowest BCUT2D eigenvalue weighted by atomic mass is 10.0. The average Bonchev–Trinajstić information content (AvgIpc) is 2.67.